The van der Waals surface area contributed by atoms with Gasteiger partial charge in [0.25, 0.3) is 0 Å². The average Bonchev–Trinajstić information content (AvgIpc) is 2.78. The summed E-state index contributed by atoms with van der Waals surface area (Å²) in [7, 11) is 0. The zero-order valence-electron chi connectivity index (χ0n) is 12.2. The summed E-state index contributed by atoms with van der Waals surface area (Å²) in [5.41, 5.74) is 0. The van der Waals surface area contributed by atoms with Crippen LogP contribution in [-0.2, 0) is 0 Å². The first-order valence-corrected chi connectivity index (χ1v) is 7.89. The Morgan fingerprint density at radius 3 is 2.65 bits per heavy atom. The highest BCUT2D eigenvalue weighted by molar-refractivity contribution is 5.29. The van der Waals surface area contributed by atoms with E-state index in [0.717, 1.165) is 32.1 Å². The van der Waals surface area contributed by atoms with E-state index in [9.17, 15) is 0 Å². The van der Waals surface area contributed by atoms with Crippen LogP contribution >= 0.6 is 0 Å². The van der Waals surface area contributed by atoms with Gasteiger partial charge in [-0.05, 0) is 25.5 Å². The molecule has 3 heterocycles. The predicted molar refractivity (Wildman–Crippen MR) is 80.9 cm³/mol. The van der Waals surface area contributed by atoms with Crippen molar-refractivity contribution in [2.75, 3.05) is 44.2 Å². The van der Waals surface area contributed by atoms with Crippen LogP contribution in [0.2, 0.25) is 0 Å². The van der Waals surface area contributed by atoms with Crippen LogP contribution in [0.4, 0.5) is 5.95 Å². The summed E-state index contributed by atoms with van der Waals surface area (Å²) >= 11 is 0. The topological polar surface area (TPSA) is 44.3 Å². The summed E-state index contributed by atoms with van der Waals surface area (Å²) < 4.78 is 0. The summed E-state index contributed by atoms with van der Waals surface area (Å²) in [5.74, 6) is 0.875. The lowest BCUT2D eigenvalue weighted by molar-refractivity contribution is 0.226. The fourth-order valence-corrected chi connectivity index (χ4v) is 3.15. The van der Waals surface area contributed by atoms with E-state index in [1.807, 2.05) is 18.5 Å². The van der Waals surface area contributed by atoms with E-state index in [1.54, 1.807) is 0 Å². The number of nitrogens with one attached hydrogen (secondary N) is 1. The van der Waals surface area contributed by atoms with Crippen molar-refractivity contribution in [3.05, 3.63) is 18.5 Å². The molecule has 1 unspecified atom stereocenters. The molecule has 2 aliphatic rings. The van der Waals surface area contributed by atoms with Gasteiger partial charge in [-0.25, -0.2) is 9.97 Å². The molecule has 5 heteroatoms. The van der Waals surface area contributed by atoms with Gasteiger partial charge in [-0.3, -0.25) is 4.90 Å². The maximum atomic E-state index is 4.34. The largest absolute Gasteiger partial charge is 0.338 e. The van der Waals surface area contributed by atoms with Crippen molar-refractivity contribution in [2.45, 2.75) is 31.7 Å². The Kier molecular flexibility index (Phi) is 4.82. The van der Waals surface area contributed by atoms with Crippen LogP contribution in [0.15, 0.2) is 18.5 Å². The summed E-state index contributed by atoms with van der Waals surface area (Å²) in [6, 6.07) is 2.56. The van der Waals surface area contributed by atoms with Crippen LogP contribution in [0, 0.1) is 0 Å². The molecule has 1 N–H and O–H groups in total. The van der Waals surface area contributed by atoms with Crippen molar-refractivity contribution in [1.29, 1.82) is 0 Å². The standard InChI is InChI=1S/C15H25N5/c1-2-5-14(16-6-3-1)13-19-9-11-20(12-10-19)15-17-7-4-8-18-15/h4,7-8,14,16H,1-3,5-6,9-13H2. The van der Waals surface area contributed by atoms with Crippen LogP contribution in [-0.4, -0.2) is 60.2 Å². The molecule has 1 atom stereocenters. The van der Waals surface area contributed by atoms with Crippen LogP contribution < -0.4 is 10.2 Å². The minimum atomic E-state index is 0.692. The number of anilines is 1. The van der Waals surface area contributed by atoms with Gasteiger partial charge in [-0.15, -0.1) is 0 Å². The van der Waals surface area contributed by atoms with Gasteiger partial charge in [0.05, 0.1) is 0 Å². The molecule has 0 bridgehead atoms. The Balaban J connectivity index is 1.46. The van der Waals surface area contributed by atoms with Crippen molar-refractivity contribution in [3.63, 3.8) is 0 Å². The fourth-order valence-electron chi connectivity index (χ4n) is 3.15. The SMILES string of the molecule is c1cnc(N2CCN(CC3CCCCCN3)CC2)nc1. The fraction of sp³-hybridized carbons (Fsp3) is 0.733. The molecule has 0 aliphatic carbocycles. The van der Waals surface area contributed by atoms with Gasteiger partial charge in [0, 0.05) is 51.2 Å². The monoisotopic (exact) mass is 275 g/mol. The molecule has 1 aromatic rings. The number of aromatic nitrogens is 2. The van der Waals surface area contributed by atoms with E-state index in [1.165, 1.54) is 38.8 Å². The zero-order valence-corrected chi connectivity index (χ0v) is 12.2. The first kappa shape index (κ1) is 13.8. The Morgan fingerprint density at radius 1 is 1.05 bits per heavy atom. The molecule has 0 radical (unpaired) electrons. The Hall–Kier alpha value is -1.20. The molecule has 2 aliphatic heterocycles. The highest BCUT2D eigenvalue weighted by Crippen LogP contribution is 2.13. The lowest BCUT2D eigenvalue weighted by atomic mass is 10.1. The van der Waals surface area contributed by atoms with Gasteiger partial charge >= 0.3 is 0 Å². The predicted octanol–water partition coefficient (Wildman–Crippen LogP) is 1.13. The van der Waals surface area contributed by atoms with Gasteiger partial charge < -0.3 is 10.2 Å². The van der Waals surface area contributed by atoms with E-state index in [0.29, 0.717) is 6.04 Å². The Labute approximate surface area is 121 Å². The molecule has 1 aromatic heterocycles. The van der Waals surface area contributed by atoms with Crippen LogP contribution in [0.5, 0.6) is 0 Å². The number of nitrogens with zero attached hydrogens (tertiary/aromatic N) is 4. The molecule has 110 valence electrons. The molecular weight excluding hydrogens is 250 g/mol. The van der Waals surface area contributed by atoms with Crippen molar-refractivity contribution >= 4 is 5.95 Å². The molecule has 5 nitrogen and oxygen atoms in total. The van der Waals surface area contributed by atoms with Crippen LogP contribution in [0.3, 0.4) is 0 Å². The van der Waals surface area contributed by atoms with Crippen molar-refractivity contribution < 1.29 is 0 Å². The first-order valence-electron chi connectivity index (χ1n) is 7.89. The third-order valence-electron chi connectivity index (χ3n) is 4.35. The van der Waals surface area contributed by atoms with Gasteiger partial charge in [-0.2, -0.15) is 0 Å². The minimum absolute atomic E-state index is 0.692. The lowest BCUT2D eigenvalue weighted by Gasteiger charge is -2.36. The highest BCUT2D eigenvalue weighted by atomic mass is 15.3. The summed E-state index contributed by atoms with van der Waals surface area (Å²) in [4.78, 5) is 13.6. The summed E-state index contributed by atoms with van der Waals surface area (Å²) in [5, 5.41) is 3.69. The molecule has 20 heavy (non-hydrogen) atoms. The van der Waals surface area contributed by atoms with Crippen molar-refractivity contribution in [2.24, 2.45) is 0 Å². The first-order chi connectivity index (χ1) is 9.92. The average molecular weight is 275 g/mol. The maximum Gasteiger partial charge on any atom is 0.225 e. The van der Waals surface area contributed by atoms with E-state index in [2.05, 4.69) is 25.1 Å². The Morgan fingerprint density at radius 2 is 1.85 bits per heavy atom. The minimum Gasteiger partial charge on any atom is -0.338 e. The zero-order chi connectivity index (χ0) is 13.6. The van der Waals surface area contributed by atoms with Crippen LogP contribution in [0.1, 0.15) is 25.7 Å². The lowest BCUT2D eigenvalue weighted by Crippen LogP contribution is -2.51. The number of hydrogen-bond acceptors (Lipinski definition) is 5. The van der Waals surface area contributed by atoms with E-state index >= 15 is 0 Å². The normalized spacial score (nSPS) is 25.4. The second kappa shape index (κ2) is 6.99. The molecule has 2 saturated heterocycles. The maximum absolute atomic E-state index is 4.34. The smallest absolute Gasteiger partial charge is 0.225 e. The van der Waals surface area contributed by atoms with E-state index in [-0.39, 0.29) is 0 Å². The number of piperazine rings is 1. The quantitative estimate of drug-likeness (QED) is 0.896. The van der Waals surface area contributed by atoms with Gasteiger partial charge in [0.2, 0.25) is 5.95 Å². The molecule has 2 fully saturated rings. The molecule has 0 spiro atoms. The van der Waals surface area contributed by atoms with Gasteiger partial charge in [0.15, 0.2) is 0 Å². The van der Waals surface area contributed by atoms with E-state index < -0.39 is 0 Å². The molecular formula is C15H25N5. The van der Waals surface area contributed by atoms with E-state index in [4.69, 9.17) is 0 Å². The molecule has 3 rings (SSSR count). The number of hydrogen-bond donors (Lipinski definition) is 1. The molecule has 0 amide bonds. The third kappa shape index (κ3) is 3.67. The Bertz CT molecular complexity index is 381. The van der Waals surface area contributed by atoms with Crippen molar-refractivity contribution in [1.82, 2.24) is 20.2 Å². The van der Waals surface area contributed by atoms with Gasteiger partial charge in [0.1, 0.15) is 0 Å². The summed E-state index contributed by atoms with van der Waals surface area (Å²) in [6.07, 6.45) is 9.10. The van der Waals surface area contributed by atoms with Crippen molar-refractivity contribution in [3.8, 4) is 0 Å². The third-order valence-corrected chi connectivity index (χ3v) is 4.35. The number of rotatable bonds is 3. The highest BCUT2D eigenvalue weighted by Gasteiger charge is 2.21. The second-order valence-electron chi connectivity index (χ2n) is 5.84. The molecule has 0 aromatic carbocycles. The summed E-state index contributed by atoms with van der Waals surface area (Å²) in [6.45, 7) is 6.71. The van der Waals surface area contributed by atoms with Gasteiger partial charge in [-0.1, -0.05) is 12.8 Å². The molecule has 0 saturated carbocycles. The van der Waals surface area contributed by atoms with Crippen LogP contribution in [0.25, 0.3) is 0 Å². The second-order valence-corrected chi connectivity index (χ2v) is 5.84.